The summed E-state index contributed by atoms with van der Waals surface area (Å²) < 4.78 is 136. The number of carbonyl (C=O) groups excluding carboxylic acids is 3. The first-order valence-corrected chi connectivity index (χ1v) is 49.5. The third kappa shape index (κ3) is 41.3. The number of unbranched alkanes of at least 4 members (excludes halogenated alkanes) is 3. The van der Waals surface area contributed by atoms with Gasteiger partial charge in [-0.15, -0.1) is 0 Å². The van der Waals surface area contributed by atoms with Gasteiger partial charge in [-0.2, -0.15) is 5.26 Å². The van der Waals surface area contributed by atoms with Gasteiger partial charge < -0.3 is 78.4 Å². The van der Waals surface area contributed by atoms with Crippen molar-refractivity contribution >= 4 is 117 Å². The van der Waals surface area contributed by atoms with E-state index in [1.54, 1.807) is 79.1 Å². The van der Waals surface area contributed by atoms with Crippen LogP contribution in [0.1, 0.15) is 139 Å². The zero-order chi connectivity index (χ0) is 92.3. The van der Waals surface area contributed by atoms with Crippen LogP contribution in [0.2, 0.25) is 30.1 Å². The van der Waals surface area contributed by atoms with Gasteiger partial charge in [0.25, 0.3) is 6.26 Å². The Morgan fingerprint density at radius 2 is 0.835 bits per heavy atom. The minimum Gasteiger partial charge on any atom is -0.428 e. The third-order valence-electron chi connectivity index (χ3n) is 20.1. The van der Waals surface area contributed by atoms with Crippen molar-refractivity contribution in [2.75, 3.05) is 211 Å². The molecule has 38 heteroatoms. The van der Waals surface area contributed by atoms with Crippen LogP contribution in [0.5, 0.6) is 0 Å². The van der Waals surface area contributed by atoms with E-state index in [0.29, 0.717) is 206 Å². The average Bonchev–Trinajstić information content (AvgIpc) is 0.781. The van der Waals surface area contributed by atoms with Gasteiger partial charge in [-0.1, -0.05) is 133 Å². The van der Waals surface area contributed by atoms with Gasteiger partial charge >= 0.3 is 6.03 Å². The standard InChI is InChI=1S/C30H44Cl2N4O6S.C29H39Cl2NO6S.C24H33Cl2N3O5S.C6H8N2O2/c1-3-4-5-9-33-30(37)34-10-12-40-14-16-42-17-15-41-13-11-35-43(38,39)25-8-6-7-23(18-25)27-21-36(2)22-28-26(27)19-24(31)20-29(28)32;1-3-24(33)8-5-10-36-12-14-38-15-13-37-11-6-16-39(34,35)25-9-4-7-22(17-25)27-20-32(2)21-28-26(27)18-23(30)19-29(28)31;1-29-16-22(21-14-19(25)15-24(26)23(21)17-29)18-3-2-4-20(13-18)35(30,31)28-6-8-33-10-12-34-11-9-32-7-5-27;7-5-10-4-2-1-3-8-6-9/h6-8,18-20,27,35H,3-5,9-17,21-22H2,1-2H3,(H2,33,34,37);4,7,9,17-19,27H,3,5-6,8,10-16,20-21H2,1-2H3;2-4,13-15,22,28H,5-12,16-17,27H2,1H3;1-4H2/t2*27-;22-;/m000./s1. The number of hydrogen-bond donors (Lipinski definition) is 5. The minimum absolute atomic E-state index is 0.00446. The Balaban J connectivity index is 0.000000279. The number of rotatable bonds is 55. The fraction of sp³-hybridized carbons (Fsp3) is 0.551. The molecule has 6 N–H and O–H groups in total. The number of ether oxygens (including phenoxy) is 10. The summed E-state index contributed by atoms with van der Waals surface area (Å²) in [6.45, 7) is 18.3. The Morgan fingerprint density at radius 3 is 1.24 bits per heavy atom. The quantitative estimate of drug-likeness (QED) is 0.0102. The number of nitrogens with zero attached hydrogens (tertiary/aromatic N) is 5. The normalized spacial score (nSPS) is 15.2. The largest absolute Gasteiger partial charge is 0.428 e. The van der Waals surface area contributed by atoms with Crippen LogP contribution in [-0.2, 0) is 106 Å². The molecule has 9 rings (SSSR count). The Morgan fingerprint density at radius 1 is 0.457 bits per heavy atom. The average molecular weight is 1950 g/mol. The molecule has 6 aromatic rings. The van der Waals surface area contributed by atoms with E-state index in [-0.39, 0.29) is 71.4 Å². The molecule has 6 aromatic carbocycles. The molecule has 3 heterocycles. The summed E-state index contributed by atoms with van der Waals surface area (Å²) >= 11 is 38.3. The molecular weight excluding hydrogens is 1820 g/mol. The molecule has 0 saturated carbocycles. The molecule has 3 aliphatic heterocycles. The SMILES string of the molecule is CCC(=O)CCCOCCOCCOCCCS(=O)(=O)c1cccc([C@@H]2CN(C)Cc3c(Cl)cc(Cl)cc32)c1.CCCCCNC(=O)NCCOCCOCCOCCNS(=O)(=O)c1cccc([C@@H]2CN(C)Cc3c(Cl)cc(Cl)cc32)c1.CN1Cc2c(Cl)cc(Cl)cc2[C@H](c2cccc(S(=O)(=O)NCCOCCOCCOCCN)c2)C1.N#COCCCCN=C=O. The van der Waals surface area contributed by atoms with Gasteiger partial charge in [-0.3, -0.25) is 4.79 Å². The second-order valence-corrected chi connectivity index (χ2v) is 38.3. The summed E-state index contributed by atoms with van der Waals surface area (Å²) in [5.74, 6) is 0.133. The van der Waals surface area contributed by atoms with E-state index < -0.39 is 29.9 Å². The molecule has 0 spiro atoms. The van der Waals surface area contributed by atoms with E-state index in [1.165, 1.54) is 6.08 Å². The number of sulfone groups is 1. The number of aliphatic imine (C=N–C) groups is 1. The van der Waals surface area contributed by atoms with E-state index >= 15 is 0 Å². The summed E-state index contributed by atoms with van der Waals surface area (Å²) in [7, 11) is -4.82. The Hall–Kier alpha value is -6.08. The molecule has 0 bridgehead atoms. The number of fused-ring (bicyclic) bond motifs is 3. The number of likely N-dealkylation sites (N-methyl/N-ethyl adjacent to an activating group) is 3. The fourth-order valence-electron chi connectivity index (χ4n) is 13.8. The lowest BCUT2D eigenvalue weighted by atomic mass is 9.85. The molecule has 0 radical (unpaired) electrons. The maximum Gasteiger partial charge on any atom is 0.314 e. The smallest absolute Gasteiger partial charge is 0.314 e. The molecule has 2 amide bonds. The number of isocyanates is 1. The van der Waals surface area contributed by atoms with Crippen molar-refractivity contribution in [2.45, 2.75) is 124 Å². The summed E-state index contributed by atoms with van der Waals surface area (Å²) in [5, 5.41) is 17.0. The first-order chi connectivity index (χ1) is 61.1. The Bertz CT molecular complexity index is 4760. The molecule has 29 nitrogen and oxygen atoms in total. The highest BCUT2D eigenvalue weighted by molar-refractivity contribution is 7.91. The lowest BCUT2D eigenvalue weighted by Crippen LogP contribution is -2.37. The summed E-state index contributed by atoms with van der Waals surface area (Å²) in [6, 6.07) is 32.0. The Kier molecular flexibility index (Phi) is 53.2. The summed E-state index contributed by atoms with van der Waals surface area (Å²) in [5.41, 5.74) is 14.2. The van der Waals surface area contributed by atoms with Crippen molar-refractivity contribution in [3.8, 4) is 6.26 Å². The monoisotopic (exact) mass is 1940 g/mol. The van der Waals surface area contributed by atoms with Crippen LogP contribution >= 0.6 is 69.6 Å². The van der Waals surface area contributed by atoms with Crippen molar-refractivity contribution in [3.05, 3.63) is 189 Å². The van der Waals surface area contributed by atoms with Gasteiger partial charge in [0.1, 0.15) is 12.4 Å². The van der Waals surface area contributed by atoms with Gasteiger partial charge in [0.05, 0.1) is 133 Å². The van der Waals surface area contributed by atoms with Gasteiger partial charge in [0.2, 0.25) is 26.1 Å². The van der Waals surface area contributed by atoms with Crippen molar-refractivity contribution in [2.24, 2.45) is 10.7 Å². The molecule has 0 fully saturated rings. The molecule has 704 valence electrons. The lowest BCUT2D eigenvalue weighted by molar-refractivity contribution is -0.119. The number of nitrogens with one attached hydrogen (secondary N) is 4. The van der Waals surface area contributed by atoms with E-state index in [2.05, 4.69) is 51.4 Å². The van der Waals surface area contributed by atoms with Gasteiger partial charge in [-0.25, -0.2) is 49.3 Å². The number of hydrogen-bond acceptors (Lipinski definition) is 25. The van der Waals surface area contributed by atoms with Crippen molar-refractivity contribution in [1.82, 2.24) is 34.8 Å². The summed E-state index contributed by atoms with van der Waals surface area (Å²) in [4.78, 5) is 42.9. The van der Waals surface area contributed by atoms with Crippen LogP contribution in [0, 0.1) is 11.5 Å². The lowest BCUT2D eigenvalue weighted by Gasteiger charge is -2.33. The molecule has 3 aliphatic rings. The molecule has 0 saturated heterocycles. The molecular formula is C89H124Cl6N10O19S3. The van der Waals surface area contributed by atoms with Crippen LogP contribution in [0.25, 0.3) is 0 Å². The van der Waals surface area contributed by atoms with Crippen LogP contribution < -0.4 is 25.8 Å². The third-order valence-corrected chi connectivity index (χ3v) is 26.5. The highest BCUT2D eigenvalue weighted by atomic mass is 35.5. The predicted molar refractivity (Wildman–Crippen MR) is 496 cm³/mol. The van der Waals surface area contributed by atoms with Crippen LogP contribution in [0.4, 0.5) is 4.79 Å². The van der Waals surface area contributed by atoms with E-state index in [0.717, 1.165) is 115 Å². The first kappa shape index (κ1) is 110. The number of carbonyl (C=O) groups is 2. The van der Waals surface area contributed by atoms with E-state index in [4.69, 9.17) is 123 Å². The highest BCUT2D eigenvalue weighted by Crippen LogP contribution is 2.42. The van der Waals surface area contributed by atoms with Crippen LogP contribution in [0.3, 0.4) is 0 Å². The second-order valence-electron chi connectivity index (χ2n) is 30.1. The van der Waals surface area contributed by atoms with Gasteiger partial charge in [0.15, 0.2) is 9.84 Å². The molecule has 0 unspecified atom stereocenters. The number of nitriles is 1. The number of halogens is 6. The number of urea groups is 1. The van der Waals surface area contributed by atoms with Gasteiger partial charge in [0, 0.05) is 146 Å². The highest BCUT2D eigenvalue weighted by Gasteiger charge is 2.32. The minimum atomic E-state index is -3.73. The van der Waals surface area contributed by atoms with Gasteiger partial charge in [-0.05, 0) is 176 Å². The van der Waals surface area contributed by atoms with E-state index in [1.807, 2.05) is 64.5 Å². The second kappa shape index (κ2) is 61.6. The van der Waals surface area contributed by atoms with Crippen LogP contribution in [0.15, 0.2) is 129 Å². The van der Waals surface area contributed by atoms with Crippen molar-refractivity contribution in [3.63, 3.8) is 0 Å². The molecule has 0 aliphatic carbocycles. The number of Topliss-reactive ketones (excluding diaryl/α,β-unsaturated/α-hetero) is 1. The first-order valence-electron chi connectivity index (χ1n) is 42.6. The Labute approximate surface area is 780 Å². The molecule has 3 atom stereocenters. The number of sulfonamides is 2. The maximum atomic E-state index is 13.1. The van der Waals surface area contributed by atoms with Crippen molar-refractivity contribution < 1.29 is 87.0 Å². The van der Waals surface area contributed by atoms with E-state index in [9.17, 15) is 39.6 Å². The predicted octanol–water partition coefficient (Wildman–Crippen LogP) is 13.4. The number of benzene rings is 6. The van der Waals surface area contributed by atoms with Crippen LogP contribution in [-0.4, -0.2) is 269 Å². The fourth-order valence-corrected chi connectivity index (χ4v) is 19.0. The zero-order valence-electron chi connectivity index (χ0n) is 73.2. The van der Waals surface area contributed by atoms with Crippen molar-refractivity contribution in [1.29, 1.82) is 5.26 Å². The number of ketones is 1. The maximum absolute atomic E-state index is 13.1. The number of amides is 2. The molecule has 0 aromatic heterocycles. The zero-order valence-corrected chi connectivity index (χ0v) is 80.2. The topological polar surface area (TPSA) is 366 Å². The number of nitrogens with two attached hydrogens (primary N) is 1. The summed E-state index contributed by atoms with van der Waals surface area (Å²) in [6.07, 6.45) is 9.95. The molecule has 127 heavy (non-hydrogen) atoms.